The molecule has 2 rings (SSSR count). The van der Waals surface area contributed by atoms with E-state index in [2.05, 4.69) is 32.1 Å². The second-order valence-electron chi connectivity index (χ2n) is 8.98. The summed E-state index contributed by atoms with van der Waals surface area (Å²) in [5.41, 5.74) is 1.26. The standard InChI is InChI=1S/C24H39NO3/c1-5-6-8-17(2)13-20(26)11-12-21-22-15-18(14-19(22)16-23(21)27)9-7-10-24(28)25(3)4/h7,9,11-12,14,17,19-23,26-27H,5-6,8,10,13,15-16H2,1-4H3/t17-,19-,20+,21+,22-,23+/m0/s1. The number of hydrogen-bond acceptors (Lipinski definition) is 3. The number of fused-ring (bicyclic) bond motifs is 1. The number of unbranched alkanes of at least 4 members (excludes halogenated alkanes) is 1. The Morgan fingerprint density at radius 1 is 1.39 bits per heavy atom. The molecule has 158 valence electrons. The normalized spacial score (nSPS) is 29.3. The molecule has 28 heavy (non-hydrogen) atoms. The predicted octanol–water partition coefficient (Wildman–Crippen LogP) is 4.10. The van der Waals surface area contributed by atoms with Crippen molar-refractivity contribution < 1.29 is 15.0 Å². The van der Waals surface area contributed by atoms with E-state index in [0.29, 0.717) is 24.2 Å². The van der Waals surface area contributed by atoms with Gasteiger partial charge in [0.05, 0.1) is 12.2 Å². The number of carbonyl (C=O) groups excluding carboxylic acids is 1. The van der Waals surface area contributed by atoms with Gasteiger partial charge in [0.25, 0.3) is 0 Å². The van der Waals surface area contributed by atoms with Crippen molar-refractivity contribution in [1.29, 1.82) is 0 Å². The minimum Gasteiger partial charge on any atom is -0.392 e. The number of aliphatic hydroxyl groups excluding tert-OH is 2. The van der Waals surface area contributed by atoms with Gasteiger partial charge < -0.3 is 15.1 Å². The zero-order valence-electron chi connectivity index (χ0n) is 18.1. The number of allylic oxidation sites excluding steroid dienone is 3. The van der Waals surface area contributed by atoms with E-state index in [-0.39, 0.29) is 17.9 Å². The quantitative estimate of drug-likeness (QED) is 0.553. The van der Waals surface area contributed by atoms with Crippen LogP contribution in [-0.2, 0) is 4.79 Å². The van der Waals surface area contributed by atoms with Crippen LogP contribution in [0.4, 0.5) is 0 Å². The number of aliphatic hydroxyl groups is 2. The summed E-state index contributed by atoms with van der Waals surface area (Å²) in [4.78, 5) is 13.3. The van der Waals surface area contributed by atoms with Gasteiger partial charge >= 0.3 is 0 Å². The zero-order valence-corrected chi connectivity index (χ0v) is 18.1. The second kappa shape index (κ2) is 11.0. The maximum absolute atomic E-state index is 11.7. The van der Waals surface area contributed by atoms with Crippen LogP contribution >= 0.6 is 0 Å². The lowest BCUT2D eigenvalue weighted by Gasteiger charge is -2.19. The molecule has 1 saturated carbocycles. The Morgan fingerprint density at radius 2 is 2.14 bits per heavy atom. The third-order valence-corrected chi connectivity index (χ3v) is 6.27. The Labute approximate surface area is 171 Å². The molecular formula is C24H39NO3. The second-order valence-corrected chi connectivity index (χ2v) is 8.98. The number of rotatable bonds is 10. The molecule has 4 nitrogen and oxygen atoms in total. The van der Waals surface area contributed by atoms with Gasteiger partial charge in [0.1, 0.15) is 0 Å². The Kier molecular flexibility index (Phi) is 8.97. The van der Waals surface area contributed by atoms with E-state index in [1.807, 2.05) is 12.2 Å². The van der Waals surface area contributed by atoms with Crippen molar-refractivity contribution in [1.82, 2.24) is 4.90 Å². The zero-order chi connectivity index (χ0) is 20.7. The topological polar surface area (TPSA) is 60.8 Å². The van der Waals surface area contributed by atoms with Gasteiger partial charge in [-0.25, -0.2) is 0 Å². The van der Waals surface area contributed by atoms with E-state index in [1.165, 1.54) is 18.4 Å². The van der Waals surface area contributed by atoms with Crippen LogP contribution in [0.15, 0.2) is 36.0 Å². The minimum absolute atomic E-state index is 0.105. The van der Waals surface area contributed by atoms with Crippen LogP contribution < -0.4 is 0 Å². The van der Waals surface area contributed by atoms with Gasteiger partial charge in [0.15, 0.2) is 0 Å². The van der Waals surface area contributed by atoms with Crippen molar-refractivity contribution >= 4 is 5.91 Å². The highest BCUT2D eigenvalue weighted by Gasteiger charge is 2.42. The maximum atomic E-state index is 11.7. The van der Waals surface area contributed by atoms with Gasteiger partial charge in [0, 0.05) is 26.4 Å². The molecule has 0 aliphatic heterocycles. The maximum Gasteiger partial charge on any atom is 0.225 e. The van der Waals surface area contributed by atoms with Gasteiger partial charge in [-0.3, -0.25) is 4.79 Å². The average molecular weight is 390 g/mol. The van der Waals surface area contributed by atoms with Crippen LogP contribution in [0, 0.1) is 23.7 Å². The van der Waals surface area contributed by atoms with Crippen LogP contribution in [0.1, 0.15) is 58.8 Å². The van der Waals surface area contributed by atoms with Crippen molar-refractivity contribution in [3.63, 3.8) is 0 Å². The third kappa shape index (κ3) is 6.59. The number of hydrogen-bond donors (Lipinski definition) is 2. The summed E-state index contributed by atoms with van der Waals surface area (Å²) in [7, 11) is 3.54. The summed E-state index contributed by atoms with van der Waals surface area (Å²) in [5.74, 6) is 1.54. The fourth-order valence-corrected chi connectivity index (χ4v) is 4.58. The highest BCUT2D eigenvalue weighted by Crippen LogP contribution is 2.47. The number of nitrogens with zero attached hydrogens (tertiary/aromatic N) is 1. The van der Waals surface area contributed by atoms with Gasteiger partial charge in [-0.15, -0.1) is 0 Å². The molecule has 2 aliphatic rings. The van der Waals surface area contributed by atoms with Crippen LogP contribution in [0.2, 0.25) is 0 Å². The lowest BCUT2D eigenvalue weighted by molar-refractivity contribution is -0.127. The third-order valence-electron chi connectivity index (χ3n) is 6.27. The molecule has 0 heterocycles. The molecule has 2 aliphatic carbocycles. The molecule has 0 unspecified atom stereocenters. The average Bonchev–Trinajstić information content (AvgIpc) is 3.14. The van der Waals surface area contributed by atoms with E-state index >= 15 is 0 Å². The minimum atomic E-state index is -0.427. The monoisotopic (exact) mass is 389 g/mol. The molecule has 0 spiro atoms. The lowest BCUT2D eigenvalue weighted by Crippen LogP contribution is -2.20. The molecule has 0 aromatic heterocycles. The van der Waals surface area contributed by atoms with E-state index in [1.54, 1.807) is 19.0 Å². The van der Waals surface area contributed by atoms with Crippen molar-refractivity contribution in [2.75, 3.05) is 14.1 Å². The van der Waals surface area contributed by atoms with Crippen molar-refractivity contribution in [2.45, 2.75) is 71.0 Å². The van der Waals surface area contributed by atoms with E-state index in [0.717, 1.165) is 25.7 Å². The highest BCUT2D eigenvalue weighted by atomic mass is 16.3. The van der Waals surface area contributed by atoms with Crippen molar-refractivity contribution in [3.05, 3.63) is 36.0 Å². The molecule has 4 heteroatoms. The first-order chi connectivity index (χ1) is 13.3. The smallest absolute Gasteiger partial charge is 0.225 e. The van der Waals surface area contributed by atoms with Crippen LogP contribution in [-0.4, -0.2) is 47.3 Å². The molecule has 1 amide bonds. The highest BCUT2D eigenvalue weighted by molar-refractivity contribution is 5.77. The SMILES string of the molecule is CCCC[C@H](C)C[C@H](O)C=C[C@@H]1[C@H]2CC(C=CCC(=O)N(C)C)=C[C@H]2C[C@H]1O. The Hall–Kier alpha value is -1.39. The van der Waals surface area contributed by atoms with Crippen LogP contribution in [0.3, 0.4) is 0 Å². The van der Waals surface area contributed by atoms with E-state index in [9.17, 15) is 15.0 Å². The largest absolute Gasteiger partial charge is 0.392 e. The Bertz CT molecular complexity index is 593. The summed E-state index contributed by atoms with van der Waals surface area (Å²) in [6.07, 6.45) is 16.0. The molecule has 0 saturated heterocycles. The first-order valence-corrected chi connectivity index (χ1v) is 10.9. The van der Waals surface area contributed by atoms with Gasteiger partial charge in [-0.05, 0) is 37.0 Å². The molecule has 1 fully saturated rings. The molecular weight excluding hydrogens is 350 g/mol. The molecule has 0 radical (unpaired) electrons. The molecule has 0 bridgehead atoms. The molecule has 0 aromatic rings. The summed E-state index contributed by atoms with van der Waals surface area (Å²) < 4.78 is 0. The fourth-order valence-electron chi connectivity index (χ4n) is 4.58. The lowest BCUT2D eigenvalue weighted by atomic mass is 9.88. The summed E-state index contributed by atoms with van der Waals surface area (Å²) in [6, 6.07) is 0. The molecule has 0 aromatic carbocycles. The fraction of sp³-hybridized carbons (Fsp3) is 0.708. The van der Waals surface area contributed by atoms with Crippen LogP contribution in [0.25, 0.3) is 0 Å². The molecule has 6 atom stereocenters. The first kappa shape index (κ1) is 22.9. The number of amides is 1. The van der Waals surface area contributed by atoms with Gasteiger partial charge in [0.2, 0.25) is 5.91 Å². The number of carbonyl (C=O) groups is 1. The summed E-state index contributed by atoms with van der Waals surface area (Å²) in [6.45, 7) is 4.40. The molecule has 2 N–H and O–H groups in total. The van der Waals surface area contributed by atoms with Gasteiger partial charge in [-0.2, -0.15) is 0 Å². The Morgan fingerprint density at radius 3 is 2.82 bits per heavy atom. The van der Waals surface area contributed by atoms with Crippen molar-refractivity contribution in [2.24, 2.45) is 23.7 Å². The van der Waals surface area contributed by atoms with E-state index < -0.39 is 6.10 Å². The van der Waals surface area contributed by atoms with Crippen molar-refractivity contribution in [3.8, 4) is 0 Å². The summed E-state index contributed by atoms with van der Waals surface area (Å²) in [5, 5.41) is 20.8. The van der Waals surface area contributed by atoms with E-state index in [4.69, 9.17) is 0 Å². The Balaban J connectivity index is 1.86. The first-order valence-electron chi connectivity index (χ1n) is 10.9. The van der Waals surface area contributed by atoms with Crippen LogP contribution in [0.5, 0.6) is 0 Å². The van der Waals surface area contributed by atoms with Gasteiger partial charge in [-0.1, -0.05) is 69.1 Å². The summed E-state index contributed by atoms with van der Waals surface area (Å²) >= 11 is 0. The predicted molar refractivity (Wildman–Crippen MR) is 115 cm³/mol.